The van der Waals surface area contributed by atoms with Gasteiger partial charge in [-0.25, -0.2) is 0 Å². The molecular formula is C21H20O. The van der Waals surface area contributed by atoms with Gasteiger partial charge in [0.15, 0.2) is 0 Å². The molecule has 0 saturated carbocycles. The fourth-order valence-electron chi connectivity index (χ4n) is 2.57. The zero-order valence-corrected chi connectivity index (χ0v) is 12.8. The first-order chi connectivity index (χ1) is 10.7. The summed E-state index contributed by atoms with van der Waals surface area (Å²) in [6.07, 6.45) is 1.88. The van der Waals surface area contributed by atoms with E-state index in [1.807, 2.05) is 24.3 Å². The SMILES string of the molecule is C=CC(C)(OCc1ccccc1)c1ccc2ccccc2c1. The average molecular weight is 288 g/mol. The highest BCUT2D eigenvalue weighted by Crippen LogP contribution is 2.30. The molecule has 0 aliphatic carbocycles. The number of hydrogen-bond donors (Lipinski definition) is 0. The number of hydrogen-bond acceptors (Lipinski definition) is 1. The molecule has 3 rings (SSSR count). The third kappa shape index (κ3) is 2.95. The van der Waals surface area contributed by atoms with Crippen molar-refractivity contribution in [2.24, 2.45) is 0 Å². The third-order valence-corrected chi connectivity index (χ3v) is 4.09. The summed E-state index contributed by atoms with van der Waals surface area (Å²) in [6.45, 7) is 6.60. The van der Waals surface area contributed by atoms with E-state index in [-0.39, 0.29) is 0 Å². The average Bonchev–Trinajstić information content (AvgIpc) is 2.60. The Hall–Kier alpha value is -2.38. The van der Waals surface area contributed by atoms with Crippen molar-refractivity contribution in [1.29, 1.82) is 0 Å². The Morgan fingerprint density at radius 3 is 2.32 bits per heavy atom. The Balaban J connectivity index is 1.88. The first-order valence-corrected chi connectivity index (χ1v) is 7.52. The lowest BCUT2D eigenvalue weighted by atomic mass is 9.93. The van der Waals surface area contributed by atoms with Crippen molar-refractivity contribution < 1.29 is 4.74 Å². The van der Waals surface area contributed by atoms with Crippen LogP contribution in [0, 0.1) is 0 Å². The number of rotatable bonds is 5. The molecule has 0 aromatic heterocycles. The van der Waals surface area contributed by atoms with Gasteiger partial charge in [-0.1, -0.05) is 79.4 Å². The van der Waals surface area contributed by atoms with Crippen molar-refractivity contribution in [1.82, 2.24) is 0 Å². The van der Waals surface area contributed by atoms with Crippen LogP contribution in [0.5, 0.6) is 0 Å². The molecule has 22 heavy (non-hydrogen) atoms. The van der Waals surface area contributed by atoms with Crippen LogP contribution < -0.4 is 0 Å². The molecule has 0 heterocycles. The van der Waals surface area contributed by atoms with Gasteiger partial charge in [0, 0.05) is 0 Å². The van der Waals surface area contributed by atoms with E-state index in [9.17, 15) is 0 Å². The van der Waals surface area contributed by atoms with Crippen LogP contribution in [0.4, 0.5) is 0 Å². The van der Waals surface area contributed by atoms with E-state index in [1.54, 1.807) is 0 Å². The van der Waals surface area contributed by atoms with Crippen molar-refractivity contribution in [3.8, 4) is 0 Å². The maximum atomic E-state index is 6.18. The van der Waals surface area contributed by atoms with E-state index in [1.165, 1.54) is 10.8 Å². The van der Waals surface area contributed by atoms with Crippen LogP contribution in [0.25, 0.3) is 10.8 Å². The lowest BCUT2D eigenvalue weighted by molar-refractivity contribution is -0.0102. The predicted octanol–water partition coefficient (Wildman–Crippen LogP) is 5.46. The molecular weight excluding hydrogens is 268 g/mol. The molecule has 1 unspecified atom stereocenters. The minimum atomic E-state index is -0.500. The van der Waals surface area contributed by atoms with Gasteiger partial charge < -0.3 is 4.74 Å². The molecule has 0 amide bonds. The Morgan fingerprint density at radius 2 is 1.59 bits per heavy atom. The van der Waals surface area contributed by atoms with Crippen LogP contribution in [0.1, 0.15) is 18.1 Å². The zero-order chi connectivity index (χ0) is 15.4. The Bertz CT molecular complexity index is 776. The van der Waals surface area contributed by atoms with Gasteiger partial charge in [-0.2, -0.15) is 0 Å². The smallest absolute Gasteiger partial charge is 0.109 e. The lowest BCUT2D eigenvalue weighted by Gasteiger charge is -2.27. The summed E-state index contributed by atoms with van der Waals surface area (Å²) in [6, 6.07) is 25.0. The van der Waals surface area contributed by atoms with Crippen molar-refractivity contribution in [3.05, 3.63) is 96.6 Å². The molecule has 0 aliphatic heterocycles. The molecule has 0 N–H and O–H groups in total. The highest BCUT2D eigenvalue weighted by Gasteiger charge is 2.23. The van der Waals surface area contributed by atoms with Crippen LogP contribution in [0.2, 0.25) is 0 Å². The van der Waals surface area contributed by atoms with Crippen molar-refractivity contribution in [2.75, 3.05) is 0 Å². The summed E-state index contributed by atoms with van der Waals surface area (Å²) in [5.74, 6) is 0. The number of ether oxygens (including phenoxy) is 1. The first kappa shape index (κ1) is 14.6. The van der Waals surface area contributed by atoms with Gasteiger partial charge >= 0.3 is 0 Å². The molecule has 3 aromatic carbocycles. The maximum absolute atomic E-state index is 6.18. The van der Waals surface area contributed by atoms with Gasteiger partial charge in [0.2, 0.25) is 0 Å². The summed E-state index contributed by atoms with van der Waals surface area (Å²) in [5, 5.41) is 2.46. The van der Waals surface area contributed by atoms with Crippen molar-refractivity contribution in [3.63, 3.8) is 0 Å². The fraction of sp³-hybridized carbons (Fsp3) is 0.143. The molecule has 0 fully saturated rings. The summed E-state index contributed by atoms with van der Waals surface area (Å²) in [4.78, 5) is 0. The van der Waals surface area contributed by atoms with Crippen molar-refractivity contribution >= 4 is 10.8 Å². The largest absolute Gasteiger partial charge is 0.362 e. The monoisotopic (exact) mass is 288 g/mol. The second-order valence-electron chi connectivity index (χ2n) is 5.65. The fourth-order valence-corrected chi connectivity index (χ4v) is 2.57. The van der Waals surface area contributed by atoms with E-state index in [2.05, 4.69) is 68.1 Å². The van der Waals surface area contributed by atoms with Gasteiger partial charge in [-0.3, -0.25) is 0 Å². The quantitative estimate of drug-likeness (QED) is 0.567. The standard InChI is InChI=1S/C21H20O/c1-3-21(2,22-16-17-9-5-4-6-10-17)20-14-13-18-11-7-8-12-19(18)15-20/h3-15H,1,16H2,2H3. The van der Waals surface area contributed by atoms with Crippen LogP contribution >= 0.6 is 0 Å². The molecule has 0 aliphatic rings. The topological polar surface area (TPSA) is 9.23 Å². The molecule has 1 atom stereocenters. The van der Waals surface area contributed by atoms with Gasteiger partial charge in [-0.15, -0.1) is 0 Å². The molecule has 3 aromatic rings. The summed E-state index contributed by atoms with van der Waals surface area (Å²) < 4.78 is 6.18. The summed E-state index contributed by atoms with van der Waals surface area (Å²) >= 11 is 0. The molecule has 0 bridgehead atoms. The van der Waals surface area contributed by atoms with E-state index in [0.29, 0.717) is 6.61 Å². The minimum Gasteiger partial charge on any atom is -0.362 e. The van der Waals surface area contributed by atoms with Crippen LogP contribution in [-0.2, 0) is 16.9 Å². The van der Waals surface area contributed by atoms with E-state index >= 15 is 0 Å². The second kappa shape index (κ2) is 6.17. The Labute approximate surface area is 131 Å². The Kier molecular flexibility index (Phi) is 4.08. The van der Waals surface area contributed by atoms with Crippen molar-refractivity contribution in [2.45, 2.75) is 19.1 Å². The molecule has 0 saturated heterocycles. The van der Waals surface area contributed by atoms with Crippen LogP contribution in [0.15, 0.2) is 85.5 Å². The van der Waals surface area contributed by atoms with Gasteiger partial charge in [-0.05, 0) is 34.9 Å². The van der Waals surface area contributed by atoms with Gasteiger partial charge in [0.25, 0.3) is 0 Å². The summed E-state index contributed by atoms with van der Waals surface area (Å²) in [5.41, 5.74) is 1.79. The predicted molar refractivity (Wildman–Crippen MR) is 92.7 cm³/mol. The zero-order valence-electron chi connectivity index (χ0n) is 12.8. The van der Waals surface area contributed by atoms with E-state index < -0.39 is 5.60 Å². The molecule has 1 heteroatoms. The number of fused-ring (bicyclic) bond motifs is 1. The summed E-state index contributed by atoms with van der Waals surface area (Å²) in [7, 11) is 0. The Morgan fingerprint density at radius 1 is 0.909 bits per heavy atom. The maximum Gasteiger partial charge on any atom is 0.109 e. The molecule has 0 radical (unpaired) electrons. The van der Waals surface area contributed by atoms with E-state index in [0.717, 1.165) is 11.1 Å². The molecule has 0 spiro atoms. The number of benzene rings is 3. The third-order valence-electron chi connectivity index (χ3n) is 4.09. The van der Waals surface area contributed by atoms with E-state index in [4.69, 9.17) is 4.74 Å². The van der Waals surface area contributed by atoms with Crippen LogP contribution in [0.3, 0.4) is 0 Å². The van der Waals surface area contributed by atoms with Gasteiger partial charge in [0.1, 0.15) is 5.60 Å². The normalized spacial score (nSPS) is 13.7. The van der Waals surface area contributed by atoms with Crippen LogP contribution in [-0.4, -0.2) is 0 Å². The molecule has 1 nitrogen and oxygen atoms in total. The highest BCUT2D eigenvalue weighted by atomic mass is 16.5. The minimum absolute atomic E-state index is 0.500. The molecule has 110 valence electrons. The van der Waals surface area contributed by atoms with Gasteiger partial charge in [0.05, 0.1) is 6.61 Å². The highest BCUT2D eigenvalue weighted by molar-refractivity contribution is 5.83. The first-order valence-electron chi connectivity index (χ1n) is 7.52. The lowest BCUT2D eigenvalue weighted by Crippen LogP contribution is -2.22. The second-order valence-corrected chi connectivity index (χ2v) is 5.65.